The average molecular weight is 332 g/mol. The van der Waals surface area contributed by atoms with E-state index >= 15 is 0 Å². The van der Waals surface area contributed by atoms with Crippen LogP contribution in [0.15, 0.2) is 47.1 Å². The van der Waals surface area contributed by atoms with Crippen molar-refractivity contribution >= 4 is 11.6 Å². The van der Waals surface area contributed by atoms with Gasteiger partial charge < -0.3 is 19.5 Å². The molecule has 0 bridgehead atoms. The molecular weight excluding hydrogens is 309 g/mol. The van der Waals surface area contributed by atoms with Gasteiger partial charge in [-0.25, -0.2) is 4.39 Å². The van der Waals surface area contributed by atoms with Gasteiger partial charge in [-0.15, -0.1) is 0 Å². The molecule has 0 spiro atoms. The zero-order chi connectivity index (χ0) is 16.9. The van der Waals surface area contributed by atoms with Crippen LogP contribution in [0.1, 0.15) is 18.7 Å². The van der Waals surface area contributed by atoms with E-state index in [2.05, 4.69) is 10.2 Å². The Bertz CT molecular complexity index is 649. The van der Waals surface area contributed by atoms with Crippen LogP contribution in [0.25, 0.3) is 0 Å². The minimum absolute atomic E-state index is 0.0316. The molecule has 2 aromatic rings. The molecule has 1 amide bonds. The Morgan fingerprint density at radius 3 is 2.58 bits per heavy atom. The van der Waals surface area contributed by atoms with E-state index in [1.165, 1.54) is 24.0 Å². The van der Waals surface area contributed by atoms with E-state index < -0.39 is 0 Å². The number of anilines is 1. The van der Waals surface area contributed by atoms with E-state index in [-0.39, 0.29) is 17.8 Å². The van der Waals surface area contributed by atoms with E-state index in [1.807, 2.05) is 24.3 Å². The second-order valence-corrected chi connectivity index (χ2v) is 6.13. The van der Waals surface area contributed by atoms with Gasteiger partial charge in [0.2, 0.25) is 5.91 Å². The molecule has 2 N–H and O–H groups in total. The summed E-state index contributed by atoms with van der Waals surface area (Å²) in [4.78, 5) is 14.9. The minimum Gasteiger partial charge on any atom is -0.463 e. The second kappa shape index (κ2) is 7.49. The number of carbonyl (C=O) groups excluding carboxylic acids is 1. The molecule has 128 valence electrons. The van der Waals surface area contributed by atoms with Gasteiger partial charge in [0.05, 0.1) is 39.0 Å². The Hall–Kier alpha value is -2.34. The van der Waals surface area contributed by atoms with E-state index in [4.69, 9.17) is 4.42 Å². The lowest BCUT2D eigenvalue weighted by molar-refractivity contribution is -0.932. The zero-order valence-corrected chi connectivity index (χ0v) is 13.8. The number of halogens is 1. The van der Waals surface area contributed by atoms with Crippen LogP contribution in [-0.2, 0) is 4.79 Å². The first-order valence-corrected chi connectivity index (χ1v) is 8.26. The number of benzene rings is 1. The predicted molar refractivity (Wildman–Crippen MR) is 89.4 cm³/mol. The van der Waals surface area contributed by atoms with Crippen molar-refractivity contribution in [3.05, 3.63) is 54.2 Å². The molecule has 6 heteroatoms. The third-order valence-electron chi connectivity index (χ3n) is 4.53. The van der Waals surface area contributed by atoms with Crippen LogP contribution in [0.3, 0.4) is 0 Å². The number of nitrogens with zero attached hydrogens (tertiary/aromatic N) is 1. The minimum atomic E-state index is -0.212. The lowest BCUT2D eigenvalue weighted by Gasteiger charge is -2.37. The van der Waals surface area contributed by atoms with Crippen LogP contribution in [0.2, 0.25) is 0 Å². The normalized spacial score (nSPS) is 16.8. The molecule has 5 nitrogen and oxygen atoms in total. The molecule has 1 atom stereocenters. The standard InChI is InChI=1S/C18H22FN3O2/c1-14(23)20-13-17(18-3-2-12-24-18)22-10-8-21(9-11-22)16-6-4-15(19)5-7-16/h2-7,12,17H,8-11,13H2,1H3,(H,20,23)/p+1/t17-/m1/s1. The monoisotopic (exact) mass is 332 g/mol. The van der Waals surface area contributed by atoms with Crippen molar-refractivity contribution in [2.24, 2.45) is 0 Å². The molecule has 24 heavy (non-hydrogen) atoms. The van der Waals surface area contributed by atoms with Crippen molar-refractivity contribution in [3.63, 3.8) is 0 Å². The fraction of sp³-hybridized carbons (Fsp3) is 0.389. The SMILES string of the molecule is CC(=O)NC[C@H](c1ccco1)[NH+]1CCN(c2ccc(F)cc2)CC1. The highest BCUT2D eigenvalue weighted by Gasteiger charge is 2.30. The molecule has 0 aliphatic carbocycles. The largest absolute Gasteiger partial charge is 0.463 e. The predicted octanol–water partition coefficient (Wildman–Crippen LogP) is 1.00. The molecule has 1 aromatic carbocycles. The van der Waals surface area contributed by atoms with Gasteiger partial charge in [-0.1, -0.05) is 0 Å². The first-order chi connectivity index (χ1) is 11.6. The van der Waals surface area contributed by atoms with Gasteiger partial charge >= 0.3 is 0 Å². The van der Waals surface area contributed by atoms with Crippen molar-refractivity contribution in [2.45, 2.75) is 13.0 Å². The summed E-state index contributed by atoms with van der Waals surface area (Å²) in [5, 5.41) is 2.91. The van der Waals surface area contributed by atoms with Gasteiger partial charge in [0.15, 0.2) is 11.8 Å². The molecule has 1 aliphatic heterocycles. The van der Waals surface area contributed by atoms with Crippen LogP contribution in [-0.4, -0.2) is 38.6 Å². The molecule has 0 saturated carbocycles. The molecule has 0 radical (unpaired) electrons. The maximum absolute atomic E-state index is 13.1. The summed E-state index contributed by atoms with van der Waals surface area (Å²) in [6, 6.07) is 10.6. The lowest BCUT2D eigenvalue weighted by Crippen LogP contribution is -3.15. The number of carbonyl (C=O) groups is 1. The molecule has 1 aromatic heterocycles. The Kier molecular flexibility index (Phi) is 5.15. The summed E-state index contributed by atoms with van der Waals surface area (Å²) in [5.74, 6) is 0.654. The highest BCUT2D eigenvalue weighted by molar-refractivity contribution is 5.72. The van der Waals surface area contributed by atoms with Crippen LogP contribution >= 0.6 is 0 Å². The summed E-state index contributed by atoms with van der Waals surface area (Å²) in [5.41, 5.74) is 1.05. The van der Waals surface area contributed by atoms with Crippen molar-refractivity contribution < 1.29 is 18.5 Å². The van der Waals surface area contributed by atoms with Gasteiger partial charge in [-0.3, -0.25) is 4.79 Å². The Morgan fingerprint density at radius 2 is 2.00 bits per heavy atom. The number of piperazine rings is 1. The maximum atomic E-state index is 13.1. The van der Waals surface area contributed by atoms with Crippen molar-refractivity contribution in [3.8, 4) is 0 Å². The van der Waals surface area contributed by atoms with E-state index in [1.54, 1.807) is 6.26 Å². The highest BCUT2D eigenvalue weighted by atomic mass is 19.1. The van der Waals surface area contributed by atoms with E-state index in [0.717, 1.165) is 37.6 Å². The van der Waals surface area contributed by atoms with Gasteiger partial charge in [0.1, 0.15) is 5.82 Å². The maximum Gasteiger partial charge on any atom is 0.217 e. The smallest absolute Gasteiger partial charge is 0.217 e. The molecule has 0 unspecified atom stereocenters. The second-order valence-electron chi connectivity index (χ2n) is 6.13. The van der Waals surface area contributed by atoms with E-state index in [0.29, 0.717) is 6.54 Å². The van der Waals surface area contributed by atoms with Gasteiger partial charge in [0, 0.05) is 12.6 Å². The highest BCUT2D eigenvalue weighted by Crippen LogP contribution is 2.16. The van der Waals surface area contributed by atoms with Crippen LogP contribution < -0.4 is 15.1 Å². The van der Waals surface area contributed by atoms with E-state index in [9.17, 15) is 9.18 Å². The summed E-state index contributed by atoms with van der Waals surface area (Å²) >= 11 is 0. The molecule has 3 rings (SSSR count). The molecule has 1 fully saturated rings. The molecule has 1 saturated heterocycles. The fourth-order valence-corrected chi connectivity index (χ4v) is 3.23. The number of quaternary nitrogens is 1. The van der Waals surface area contributed by atoms with Gasteiger partial charge in [-0.05, 0) is 36.4 Å². The number of hydrogen-bond donors (Lipinski definition) is 2. The summed E-state index contributed by atoms with van der Waals surface area (Å²) < 4.78 is 18.6. The Balaban J connectivity index is 1.64. The molecule has 1 aliphatic rings. The molecule has 2 heterocycles. The third kappa shape index (κ3) is 3.94. The number of rotatable bonds is 5. The number of nitrogens with one attached hydrogen (secondary N) is 2. The van der Waals surface area contributed by atoms with Crippen molar-refractivity contribution in [1.29, 1.82) is 0 Å². The molecular formula is C18H23FN3O2+. The first kappa shape index (κ1) is 16.5. The average Bonchev–Trinajstić information content (AvgIpc) is 3.10. The van der Waals surface area contributed by atoms with Crippen LogP contribution in [0.5, 0.6) is 0 Å². The number of furan rings is 1. The summed E-state index contributed by atoms with van der Waals surface area (Å²) in [6.07, 6.45) is 1.67. The first-order valence-electron chi connectivity index (χ1n) is 8.26. The fourth-order valence-electron chi connectivity index (χ4n) is 3.23. The Labute approximate surface area is 141 Å². The number of hydrogen-bond acceptors (Lipinski definition) is 3. The third-order valence-corrected chi connectivity index (χ3v) is 4.53. The zero-order valence-electron chi connectivity index (χ0n) is 13.8. The number of amides is 1. The van der Waals surface area contributed by atoms with Crippen molar-refractivity contribution in [1.82, 2.24) is 5.32 Å². The lowest BCUT2D eigenvalue weighted by atomic mass is 10.1. The quantitative estimate of drug-likeness (QED) is 0.859. The van der Waals surface area contributed by atoms with Crippen LogP contribution in [0, 0.1) is 5.82 Å². The van der Waals surface area contributed by atoms with Gasteiger partial charge in [-0.2, -0.15) is 0 Å². The van der Waals surface area contributed by atoms with Crippen LogP contribution in [0.4, 0.5) is 10.1 Å². The topological polar surface area (TPSA) is 49.9 Å². The summed E-state index contributed by atoms with van der Waals surface area (Å²) in [6.45, 7) is 5.73. The Morgan fingerprint density at radius 1 is 1.29 bits per heavy atom. The van der Waals surface area contributed by atoms with Gasteiger partial charge in [0.25, 0.3) is 0 Å². The van der Waals surface area contributed by atoms with Crippen molar-refractivity contribution in [2.75, 3.05) is 37.6 Å². The summed E-state index contributed by atoms with van der Waals surface area (Å²) in [7, 11) is 0.